The molecule has 3 aromatic rings. The number of rotatable bonds is 10. The Labute approximate surface area is 226 Å². The number of anilines is 2. The number of allylic oxidation sites excluding steroid dienone is 4. The number of hydrogen-bond donors (Lipinski definition) is 2. The summed E-state index contributed by atoms with van der Waals surface area (Å²) in [5, 5.41) is 4.79. The lowest BCUT2D eigenvalue weighted by Gasteiger charge is -2.28. The molecule has 1 aliphatic rings. The lowest BCUT2D eigenvalue weighted by Crippen LogP contribution is -2.30. The van der Waals surface area contributed by atoms with Crippen molar-refractivity contribution in [1.29, 1.82) is 0 Å². The predicted molar refractivity (Wildman–Crippen MR) is 143 cm³/mol. The van der Waals surface area contributed by atoms with Gasteiger partial charge in [-0.25, -0.2) is 17.9 Å². The molecule has 2 atom stereocenters. The summed E-state index contributed by atoms with van der Waals surface area (Å²) in [6, 6.07) is 8.51. The van der Waals surface area contributed by atoms with Gasteiger partial charge in [0.1, 0.15) is 30.8 Å². The minimum atomic E-state index is -0.897. The van der Waals surface area contributed by atoms with Crippen LogP contribution in [0.25, 0.3) is 5.69 Å². The van der Waals surface area contributed by atoms with Crippen molar-refractivity contribution in [3.8, 4) is 5.69 Å². The molecule has 0 amide bonds. The van der Waals surface area contributed by atoms with E-state index in [0.29, 0.717) is 24.0 Å². The highest BCUT2D eigenvalue weighted by atomic mass is 79.9. The van der Waals surface area contributed by atoms with Gasteiger partial charge in [0.2, 0.25) is 0 Å². The van der Waals surface area contributed by atoms with Gasteiger partial charge in [-0.05, 0) is 62.4 Å². The van der Waals surface area contributed by atoms with Crippen LogP contribution in [0.3, 0.4) is 0 Å². The molecule has 0 saturated carbocycles. The number of nitrogens with two attached hydrogens (primary N) is 2. The number of carbonyl (C=O) groups excluding carboxylic acids is 1. The van der Waals surface area contributed by atoms with Crippen molar-refractivity contribution < 1.29 is 22.7 Å². The molecule has 0 saturated heterocycles. The summed E-state index contributed by atoms with van der Waals surface area (Å²) in [5.74, 6) is -2.26. The van der Waals surface area contributed by atoms with E-state index in [1.165, 1.54) is 12.2 Å². The van der Waals surface area contributed by atoms with Crippen molar-refractivity contribution in [3.05, 3.63) is 93.5 Å². The molecule has 7 nitrogen and oxygen atoms in total. The zero-order valence-electron chi connectivity index (χ0n) is 20.6. The summed E-state index contributed by atoms with van der Waals surface area (Å²) in [5.41, 5.74) is 12.6. The summed E-state index contributed by atoms with van der Waals surface area (Å²) in [7, 11) is 1.71. The van der Waals surface area contributed by atoms with Gasteiger partial charge in [-0.15, -0.1) is 0 Å². The Balaban J connectivity index is 1.69. The molecular formula is C27H27BrF3N5O2. The summed E-state index contributed by atoms with van der Waals surface area (Å²) in [4.78, 5) is 13.0. The number of likely N-dealkylation sites (N-methyl/N-ethyl adjacent to an activating group) is 1. The Morgan fingerprint density at radius 2 is 2.00 bits per heavy atom. The molecule has 0 spiro atoms. The number of nitrogen functional groups attached to an aromatic ring is 2. The average Bonchev–Trinajstić information content (AvgIpc) is 3.33. The molecule has 2 aromatic carbocycles. The normalized spacial score (nSPS) is 16.1. The molecule has 1 heterocycles. The van der Waals surface area contributed by atoms with Crippen LogP contribution < -0.4 is 11.5 Å². The van der Waals surface area contributed by atoms with E-state index in [1.807, 2.05) is 24.3 Å². The minimum absolute atomic E-state index is 0.0347. The highest BCUT2D eigenvalue weighted by molar-refractivity contribution is 9.10. The van der Waals surface area contributed by atoms with E-state index in [2.05, 4.69) is 15.9 Å². The first kappa shape index (κ1) is 27.6. The number of ether oxygens (including phenoxy) is 1. The zero-order chi connectivity index (χ0) is 27.4. The van der Waals surface area contributed by atoms with Crippen LogP contribution in [0.5, 0.6) is 0 Å². The maximum absolute atomic E-state index is 14.7. The van der Waals surface area contributed by atoms with Gasteiger partial charge in [0, 0.05) is 34.3 Å². The fourth-order valence-corrected chi connectivity index (χ4v) is 4.58. The fraction of sp³-hybridized carbons (Fsp3) is 0.259. The predicted octanol–water partition coefficient (Wildman–Crippen LogP) is 5.36. The van der Waals surface area contributed by atoms with Gasteiger partial charge in [0.15, 0.2) is 5.82 Å². The van der Waals surface area contributed by atoms with Gasteiger partial charge in [-0.1, -0.05) is 22.0 Å². The van der Waals surface area contributed by atoms with Crippen LogP contribution in [0, 0.1) is 11.6 Å². The number of aldehydes is 1. The Bertz CT molecular complexity index is 1370. The van der Waals surface area contributed by atoms with Gasteiger partial charge >= 0.3 is 0 Å². The summed E-state index contributed by atoms with van der Waals surface area (Å²) >= 11 is 3.42. The van der Waals surface area contributed by atoms with Crippen molar-refractivity contribution in [1.82, 2.24) is 14.7 Å². The molecule has 0 radical (unpaired) electrons. The van der Waals surface area contributed by atoms with E-state index < -0.39 is 17.9 Å². The van der Waals surface area contributed by atoms with Crippen LogP contribution in [-0.2, 0) is 16.0 Å². The quantitative estimate of drug-likeness (QED) is 0.187. The summed E-state index contributed by atoms with van der Waals surface area (Å²) in [6.07, 6.45) is 6.57. The van der Waals surface area contributed by atoms with Gasteiger partial charge in [0.05, 0.1) is 22.8 Å². The first-order valence-corrected chi connectivity index (χ1v) is 12.7. The van der Waals surface area contributed by atoms with E-state index in [1.54, 1.807) is 28.9 Å². The Morgan fingerprint density at radius 3 is 2.66 bits per heavy atom. The lowest BCUT2D eigenvalue weighted by molar-refractivity contribution is -0.119. The van der Waals surface area contributed by atoms with Crippen molar-refractivity contribution in [2.24, 2.45) is 0 Å². The first-order valence-electron chi connectivity index (χ1n) is 11.9. The molecule has 4 N–H and O–H groups in total. The Kier molecular flexibility index (Phi) is 8.70. The van der Waals surface area contributed by atoms with Gasteiger partial charge in [-0.2, -0.15) is 5.10 Å². The highest BCUT2D eigenvalue weighted by Crippen LogP contribution is 2.35. The molecule has 2 unspecified atom stereocenters. The van der Waals surface area contributed by atoms with Gasteiger partial charge in [-0.3, -0.25) is 4.90 Å². The number of hydrogen-bond acceptors (Lipinski definition) is 6. The third-order valence-electron chi connectivity index (χ3n) is 6.36. The molecule has 4 rings (SSSR count). The Hall–Kier alpha value is -3.41. The SMILES string of the molecule is CN(CCc1c(F)cc(N)c(N)c1F)C(OCC=O)c1cn(-c2ccc(Br)cc2)nc1C1C=CC(F)=CC1. The fourth-order valence-electron chi connectivity index (χ4n) is 4.32. The van der Waals surface area contributed by atoms with E-state index in [0.717, 1.165) is 16.2 Å². The number of benzene rings is 2. The molecule has 1 aliphatic carbocycles. The smallest absolute Gasteiger partial charge is 0.154 e. The third kappa shape index (κ3) is 6.01. The number of aromatic nitrogens is 2. The highest BCUT2D eigenvalue weighted by Gasteiger charge is 2.29. The van der Waals surface area contributed by atoms with Crippen LogP contribution in [0.2, 0.25) is 0 Å². The average molecular weight is 590 g/mol. The topological polar surface area (TPSA) is 99.4 Å². The Morgan fingerprint density at radius 1 is 1.26 bits per heavy atom. The second-order valence-electron chi connectivity index (χ2n) is 8.92. The summed E-state index contributed by atoms with van der Waals surface area (Å²) < 4.78 is 51.4. The van der Waals surface area contributed by atoms with Crippen molar-refractivity contribution in [3.63, 3.8) is 0 Å². The molecule has 0 aliphatic heterocycles. The molecule has 38 heavy (non-hydrogen) atoms. The first-order chi connectivity index (χ1) is 18.2. The minimum Gasteiger partial charge on any atom is -0.397 e. The van der Waals surface area contributed by atoms with E-state index in [9.17, 15) is 18.0 Å². The largest absolute Gasteiger partial charge is 0.397 e. The second-order valence-corrected chi connectivity index (χ2v) is 9.83. The van der Waals surface area contributed by atoms with Crippen LogP contribution in [0.15, 0.2) is 65.1 Å². The van der Waals surface area contributed by atoms with E-state index in [4.69, 9.17) is 21.3 Å². The van der Waals surface area contributed by atoms with Crippen LogP contribution in [0.4, 0.5) is 24.5 Å². The molecule has 200 valence electrons. The number of nitrogens with zero attached hydrogens (tertiary/aromatic N) is 3. The molecule has 0 bridgehead atoms. The van der Waals surface area contributed by atoms with Crippen LogP contribution >= 0.6 is 15.9 Å². The van der Waals surface area contributed by atoms with Crippen molar-refractivity contribution >= 4 is 33.6 Å². The molecule has 0 fully saturated rings. The number of halogens is 4. The molecule has 11 heteroatoms. The second kappa shape index (κ2) is 12.0. The van der Waals surface area contributed by atoms with Crippen LogP contribution in [-0.4, -0.2) is 41.2 Å². The number of carbonyl (C=O) groups is 1. The van der Waals surface area contributed by atoms with Crippen LogP contribution in [0.1, 0.15) is 35.4 Å². The zero-order valence-corrected chi connectivity index (χ0v) is 22.2. The van der Waals surface area contributed by atoms with E-state index >= 15 is 0 Å². The maximum Gasteiger partial charge on any atom is 0.154 e. The third-order valence-corrected chi connectivity index (χ3v) is 6.88. The van der Waals surface area contributed by atoms with Crippen molar-refractivity contribution in [2.45, 2.75) is 25.0 Å². The maximum atomic E-state index is 14.7. The van der Waals surface area contributed by atoms with Gasteiger partial charge < -0.3 is 21.0 Å². The summed E-state index contributed by atoms with van der Waals surface area (Å²) in [6.45, 7) is -0.0663. The molecule has 1 aromatic heterocycles. The molecular weight excluding hydrogens is 563 g/mol. The lowest BCUT2D eigenvalue weighted by atomic mass is 9.93. The monoisotopic (exact) mass is 589 g/mol. The van der Waals surface area contributed by atoms with Crippen molar-refractivity contribution in [2.75, 3.05) is 31.7 Å². The van der Waals surface area contributed by atoms with E-state index in [-0.39, 0.29) is 48.3 Å². The standard InChI is InChI=1S/C27H27BrF3N5O2/c1-35(11-10-20-22(30)14-23(32)25(33)24(20)31)27(38-13-12-37)21-15-36(19-8-4-17(28)5-9-19)34-26(21)16-2-6-18(29)7-3-16/h2,4-9,12,14-16,27H,3,10-11,13,32-33H2,1H3. The van der Waals surface area contributed by atoms with Gasteiger partial charge in [0.25, 0.3) is 0 Å².